The molecule has 3 fully saturated rings. The third kappa shape index (κ3) is 6.87. The van der Waals surface area contributed by atoms with Gasteiger partial charge in [0.05, 0.1) is 12.0 Å². The number of hydrogen-bond acceptors (Lipinski definition) is 4. The molecule has 5 amide bonds. The Hall–Kier alpha value is -2.81. The Labute approximate surface area is 268 Å². The number of urea groups is 1. The summed E-state index contributed by atoms with van der Waals surface area (Å²) < 4.78 is 0. The first kappa shape index (κ1) is 34.1. The molecule has 244 valence electrons. The van der Waals surface area contributed by atoms with Crippen LogP contribution in [0.4, 0.5) is 4.79 Å². The van der Waals surface area contributed by atoms with Gasteiger partial charge in [0.1, 0.15) is 6.04 Å². The van der Waals surface area contributed by atoms with Crippen molar-refractivity contribution in [2.24, 2.45) is 22.5 Å². The van der Waals surface area contributed by atoms with Crippen molar-refractivity contribution in [3.05, 3.63) is 34.9 Å². The van der Waals surface area contributed by atoms with Gasteiger partial charge in [-0.25, -0.2) is 4.79 Å². The van der Waals surface area contributed by atoms with E-state index in [1.807, 2.05) is 32.9 Å². The molecule has 2 aliphatic heterocycles. The highest BCUT2D eigenvalue weighted by molar-refractivity contribution is 6.30. The zero-order valence-corrected chi connectivity index (χ0v) is 28.4. The summed E-state index contributed by atoms with van der Waals surface area (Å²) in [6, 6.07) is 5.85. The minimum Gasteiger partial charge on any atom is -0.351 e. The fourth-order valence-corrected chi connectivity index (χ4v) is 7.88. The Morgan fingerprint density at radius 2 is 1.55 bits per heavy atom. The predicted octanol–water partition coefficient (Wildman–Crippen LogP) is 5.12. The number of likely N-dealkylation sites (N-methyl/N-ethyl adjacent to an activating group) is 1. The molecular weight excluding hydrogens is 578 g/mol. The number of nitrogens with zero attached hydrogens (tertiary/aromatic N) is 4. The van der Waals surface area contributed by atoms with Crippen molar-refractivity contribution in [1.29, 1.82) is 0 Å². The van der Waals surface area contributed by atoms with Crippen LogP contribution in [0.25, 0.3) is 0 Å². The van der Waals surface area contributed by atoms with E-state index in [2.05, 4.69) is 18.7 Å². The Balaban J connectivity index is 1.67. The van der Waals surface area contributed by atoms with Gasteiger partial charge in [-0.2, -0.15) is 0 Å². The van der Waals surface area contributed by atoms with Crippen LogP contribution in [-0.2, 0) is 14.4 Å². The van der Waals surface area contributed by atoms with Crippen molar-refractivity contribution in [2.45, 2.75) is 104 Å². The van der Waals surface area contributed by atoms with Gasteiger partial charge < -0.3 is 25.3 Å². The Morgan fingerprint density at radius 1 is 0.955 bits per heavy atom. The van der Waals surface area contributed by atoms with E-state index < -0.39 is 23.4 Å². The maximum absolute atomic E-state index is 14.5. The summed E-state index contributed by atoms with van der Waals surface area (Å²) in [6.07, 6.45) is 6.65. The molecule has 3 aliphatic rings. The summed E-state index contributed by atoms with van der Waals surface area (Å²) in [6.45, 7) is 11.1. The molecular formula is C34H52ClN5O4. The SMILES string of the molecule is CCC1(CC)CCC(N(C(=O)C(C)(C)C)[C@H]2C[C@@H](C(=O)N(C)C)N(C(=O)[C@@H]3CN(C(N)=O)C[C@H]3c3ccc(Cl)cc3)C2)CC1. The lowest BCUT2D eigenvalue weighted by atomic mass is 9.68. The van der Waals surface area contributed by atoms with Crippen LogP contribution in [0, 0.1) is 16.7 Å². The third-order valence-electron chi connectivity index (χ3n) is 10.7. The molecule has 1 aliphatic carbocycles. The monoisotopic (exact) mass is 629 g/mol. The lowest BCUT2D eigenvalue weighted by Gasteiger charge is -2.46. The van der Waals surface area contributed by atoms with Crippen molar-refractivity contribution >= 4 is 35.4 Å². The van der Waals surface area contributed by atoms with Crippen molar-refractivity contribution < 1.29 is 19.2 Å². The van der Waals surface area contributed by atoms with Crippen molar-refractivity contribution in [3.8, 4) is 0 Å². The Kier molecular flexibility index (Phi) is 10.3. The maximum Gasteiger partial charge on any atom is 0.314 e. The lowest BCUT2D eigenvalue weighted by molar-refractivity contribution is -0.147. The number of rotatable bonds is 7. The average Bonchev–Trinajstić information content (AvgIpc) is 3.63. The van der Waals surface area contributed by atoms with E-state index in [1.54, 1.807) is 31.1 Å². The molecule has 2 N–H and O–H groups in total. The highest BCUT2D eigenvalue weighted by atomic mass is 35.5. The number of primary amides is 1. The van der Waals surface area contributed by atoms with E-state index in [0.29, 0.717) is 23.4 Å². The van der Waals surface area contributed by atoms with Gasteiger partial charge in [0.25, 0.3) is 0 Å². The molecule has 9 nitrogen and oxygen atoms in total. The van der Waals surface area contributed by atoms with E-state index in [4.69, 9.17) is 17.3 Å². The standard InChI is InChI=1S/C34H52ClN5O4/c1-8-34(9-2)16-14-24(15-17-34)40(31(43)33(3,4)5)25-18-28(30(42)37(6)7)39(19-25)29(41)27-21-38(32(36)44)20-26(27)22-10-12-23(35)13-11-22/h10-13,24-28H,8-9,14-21H2,1-7H3,(H2,36,44)/t25-,26-,27+,28-/m0/s1. The van der Waals surface area contributed by atoms with Gasteiger partial charge in [-0.15, -0.1) is 0 Å². The number of halogens is 1. The van der Waals surface area contributed by atoms with E-state index in [9.17, 15) is 19.2 Å². The first-order valence-corrected chi connectivity index (χ1v) is 16.6. The first-order valence-electron chi connectivity index (χ1n) is 16.3. The van der Waals surface area contributed by atoms with Crippen LogP contribution in [0.15, 0.2) is 24.3 Å². The molecule has 0 radical (unpaired) electrons. The van der Waals surface area contributed by atoms with Crippen LogP contribution < -0.4 is 5.73 Å². The molecule has 2 heterocycles. The number of likely N-dealkylation sites (tertiary alicyclic amines) is 2. The molecule has 2 saturated heterocycles. The van der Waals surface area contributed by atoms with E-state index in [0.717, 1.165) is 44.1 Å². The average molecular weight is 630 g/mol. The van der Waals surface area contributed by atoms with Gasteiger partial charge in [-0.3, -0.25) is 14.4 Å². The molecule has 4 atom stereocenters. The lowest BCUT2D eigenvalue weighted by Crippen LogP contribution is -2.54. The number of carbonyl (C=O) groups is 4. The fourth-order valence-electron chi connectivity index (χ4n) is 7.75. The summed E-state index contributed by atoms with van der Waals surface area (Å²) >= 11 is 6.15. The van der Waals surface area contributed by atoms with Crippen LogP contribution >= 0.6 is 11.6 Å². The van der Waals surface area contributed by atoms with Gasteiger partial charge in [-0.1, -0.05) is 71.2 Å². The number of carbonyl (C=O) groups excluding carboxylic acids is 4. The van der Waals surface area contributed by atoms with Gasteiger partial charge in [0.2, 0.25) is 17.7 Å². The van der Waals surface area contributed by atoms with Crippen molar-refractivity contribution in [3.63, 3.8) is 0 Å². The van der Waals surface area contributed by atoms with E-state index in [1.165, 1.54) is 9.80 Å². The highest BCUT2D eigenvalue weighted by Gasteiger charge is 2.51. The summed E-state index contributed by atoms with van der Waals surface area (Å²) in [5.41, 5.74) is 6.30. The number of hydrogen-bond donors (Lipinski definition) is 1. The molecule has 0 spiro atoms. The molecule has 4 rings (SSSR count). The second-order valence-corrected chi connectivity index (χ2v) is 15.0. The second kappa shape index (κ2) is 13.3. The first-order chi connectivity index (χ1) is 20.6. The van der Waals surface area contributed by atoms with Crippen molar-refractivity contribution in [2.75, 3.05) is 33.7 Å². The molecule has 44 heavy (non-hydrogen) atoms. The minimum atomic E-state index is -0.694. The smallest absolute Gasteiger partial charge is 0.314 e. The number of nitrogens with two attached hydrogens (primary N) is 1. The largest absolute Gasteiger partial charge is 0.351 e. The fraction of sp³-hybridized carbons (Fsp3) is 0.706. The van der Waals surface area contributed by atoms with Gasteiger partial charge in [0.15, 0.2) is 0 Å². The van der Waals surface area contributed by atoms with Crippen LogP contribution in [-0.4, -0.2) is 95.2 Å². The third-order valence-corrected chi connectivity index (χ3v) is 11.0. The molecule has 0 aromatic heterocycles. The highest BCUT2D eigenvalue weighted by Crippen LogP contribution is 2.45. The predicted molar refractivity (Wildman–Crippen MR) is 173 cm³/mol. The topological polar surface area (TPSA) is 107 Å². The van der Waals surface area contributed by atoms with Crippen LogP contribution in [0.5, 0.6) is 0 Å². The van der Waals surface area contributed by atoms with Crippen LogP contribution in [0.2, 0.25) is 5.02 Å². The van der Waals surface area contributed by atoms with E-state index in [-0.39, 0.29) is 48.8 Å². The molecule has 1 aromatic carbocycles. The number of benzene rings is 1. The quantitative estimate of drug-likeness (QED) is 0.452. The van der Waals surface area contributed by atoms with E-state index >= 15 is 0 Å². The zero-order valence-electron chi connectivity index (χ0n) is 27.6. The molecule has 0 bridgehead atoms. The van der Waals surface area contributed by atoms with Gasteiger partial charge in [-0.05, 0) is 55.2 Å². The maximum atomic E-state index is 14.5. The summed E-state index contributed by atoms with van der Waals surface area (Å²) in [7, 11) is 3.40. The normalized spacial score (nSPS) is 25.6. The Bertz CT molecular complexity index is 1220. The summed E-state index contributed by atoms with van der Waals surface area (Å²) in [4.78, 5) is 61.3. The second-order valence-electron chi connectivity index (χ2n) is 14.5. The number of amides is 5. The summed E-state index contributed by atoms with van der Waals surface area (Å²) in [5, 5.41) is 0.585. The molecule has 1 aromatic rings. The molecule has 10 heteroatoms. The van der Waals surface area contributed by atoms with Gasteiger partial charge >= 0.3 is 6.03 Å². The molecule has 0 unspecified atom stereocenters. The summed E-state index contributed by atoms with van der Waals surface area (Å²) in [5.74, 6) is -1.13. The molecule has 1 saturated carbocycles. The van der Waals surface area contributed by atoms with Crippen molar-refractivity contribution in [1.82, 2.24) is 19.6 Å². The van der Waals surface area contributed by atoms with Gasteiger partial charge in [0, 0.05) is 56.1 Å². The van der Waals surface area contributed by atoms with Crippen LogP contribution in [0.1, 0.15) is 91.0 Å². The zero-order chi connectivity index (χ0) is 32.6. The minimum absolute atomic E-state index is 0.0677. The Morgan fingerprint density at radius 3 is 2.05 bits per heavy atom. The van der Waals surface area contributed by atoms with Crippen LogP contribution in [0.3, 0.4) is 0 Å².